The highest BCUT2D eigenvalue weighted by atomic mass is 16.5. The van der Waals surface area contributed by atoms with Crippen LogP contribution in [-0.4, -0.2) is 50.2 Å². The van der Waals surface area contributed by atoms with Crippen molar-refractivity contribution in [3.05, 3.63) is 12.2 Å². The molecule has 0 aromatic rings. The van der Waals surface area contributed by atoms with Gasteiger partial charge in [0.2, 0.25) is 5.91 Å². The molecular weight excluding hydrogens is 252 g/mol. The maximum atomic E-state index is 11.5. The summed E-state index contributed by atoms with van der Waals surface area (Å²) in [7, 11) is 1.22. The van der Waals surface area contributed by atoms with Crippen LogP contribution in [0.25, 0.3) is 0 Å². The summed E-state index contributed by atoms with van der Waals surface area (Å²) in [6, 6.07) is -0.345. The molecule has 0 radical (unpaired) electrons. The Bertz CT molecular complexity index is 380. The third kappa shape index (κ3) is 5.09. The molecule has 0 aromatic carbocycles. The maximum Gasteiger partial charge on any atom is 0.331 e. The molecule has 19 heavy (non-hydrogen) atoms. The number of ether oxygens (including phenoxy) is 2. The second-order valence-corrected chi connectivity index (χ2v) is 4.01. The number of hydrogen-bond acceptors (Lipinski definition) is 6. The van der Waals surface area contributed by atoms with Crippen molar-refractivity contribution in [2.45, 2.75) is 25.5 Å². The first-order valence-corrected chi connectivity index (χ1v) is 6.04. The molecule has 2 N–H and O–H groups in total. The standard InChI is InChI=1S/C12H18N2O5/c1-3-13-12(17)9-6-8(7-14-9)19-11(16)5-4-10(15)18-2/h4-5,8-9,14H,3,6-7H2,1-2H3,(H,13,17)/b5-4+/t8-,9+/m1/s1. The zero-order valence-corrected chi connectivity index (χ0v) is 11.0. The van der Waals surface area contributed by atoms with Crippen LogP contribution in [0.4, 0.5) is 0 Å². The molecule has 0 saturated carbocycles. The van der Waals surface area contributed by atoms with Crippen molar-refractivity contribution < 1.29 is 23.9 Å². The number of amides is 1. The second-order valence-electron chi connectivity index (χ2n) is 4.01. The third-order valence-corrected chi connectivity index (χ3v) is 2.60. The molecule has 7 nitrogen and oxygen atoms in total. The van der Waals surface area contributed by atoms with Gasteiger partial charge in [0.1, 0.15) is 6.10 Å². The smallest absolute Gasteiger partial charge is 0.331 e. The first kappa shape index (κ1) is 15.2. The van der Waals surface area contributed by atoms with Crippen molar-refractivity contribution >= 4 is 17.8 Å². The lowest BCUT2D eigenvalue weighted by Crippen LogP contribution is -2.40. The molecule has 1 saturated heterocycles. The molecule has 2 atom stereocenters. The minimum Gasteiger partial charge on any atom is -0.466 e. The molecule has 0 bridgehead atoms. The molecule has 1 heterocycles. The van der Waals surface area contributed by atoms with Crippen LogP contribution in [0.2, 0.25) is 0 Å². The fourth-order valence-corrected chi connectivity index (χ4v) is 1.70. The van der Waals surface area contributed by atoms with Crippen molar-refractivity contribution in [3.63, 3.8) is 0 Å². The van der Waals surface area contributed by atoms with Crippen LogP contribution in [0, 0.1) is 0 Å². The van der Waals surface area contributed by atoms with E-state index < -0.39 is 11.9 Å². The van der Waals surface area contributed by atoms with E-state index in [9.17, 15) is 14.4 Å². The number of methoxy groups -OCH3 is 1. The number of nitrogens with one attached hydrogen (secondary N) is 2. The Hall–Kier alpha value is -1.89. The summed E-state index contributed by atoms with van der Waals surface area (Å²) in [6.07, 6.45) is 2.04. The van der Waals surface area contributed by atoms with Gasteiger partial charge in [-0.05, 0) is 6.92 Å². The van der Waals surface area contributed by atoms with Crippen LogP contribution in [0.3, 0.4) is 0 Å². The van der Waals surface area contributed by atoms with E-state index in [1.54, 1.807) is 0 Å². The van der Waals surface area contributed by atoms with Crippen LogP contribution in [0.1, 0.15) is 13.3 Å². The Balaban J connectivity index is 2.36. The summed E-state index contributed by atoms with van der Waals surface area (Å²) >= 11 is 0. The highest BCUT2D eigenvalue weighted by Crippen LogP contribution is 2.11. The van der Waals surface area contributed by atoms with Gasteiger partial charge >= 0.3 is 11.9 Å². The first-order chi connectivity index (χ1) is 9.06. The topological polar surface area (TPSA) is 93.7 Å². The second kappa shape index (κ2) is 7.52. The fourth-order valence-electron chi connectivity index (χ4n) is 1.70. The Kier molecular flexibility index (Phi) is 6.01. The number of likely N-dealkylation sites (N-methyl/N-ethyl adjacent to an activating group) is 1. The van der Waals surface area contributed by atoms with E-state index in [1.807, 2.05) is 6.92 Å². The molecule has 1 amide bonds. The zero-order valence-electron chi connectivity index (χ0n) is 11.0. The maximum absolute atomic E-state index is 11.5. The molecule has 106 valence electrons. The van der Waals surface area contributed by atoms with Gasteiger partial charge in [-0.3, -0.25) is 4.79 Å². The lowest BCUT2D eigenvalue weighted by Gasteiger charge is -2.10. The van der Waals surface area contributed by atoms with E-state index in [0.717, 1.165) is 12.2 Å². The van der Waals surface area contributed by atoms with Gasteiger partial charge < -0.3 is 20.1 Å². The summed E-state index contributed by atoms with van der Waals surface area (Å²) in [5.41, 5.74) is 0. The monoisotopic (exact) mass is 270 g/mol. The van der Waals surface area contributed by atoms with Crippen molar-refractivity contribution in [1.82, 2.24) is 10.6 Å². The molecule has 1 rings (SSSR count). The van der Waals surface area contributed by atoms with Crippen molar-refractivity contribution in [1.29, 1.82) is 0 Å². The fraction of sp³-hybridized carbons (Fsp3) is 0.583. The van der Waals surface area contributed by atoms with Crippen molar-refractivity contribution in [2.75, 3.05) is 20.2 Å². The van der Waals surface area contributed by atoms with E-state index >= 15 is 0 Å². The predicted molar refractivity (Wildman–Crippen MR) is 66.1 cm³/mol. The van der Waals surface area contributed by atoms with E-state index in [4.69, 9.17) is 4.74 Å². The van der Waals surface area contributed by atoms with Crippen LogP contribution >= 0.6 is 0 Å². The van der Waals surface area contributed by atoms with Crippen molar-refractivity contribution in [3.8, 4) is 0 Å². The Morgan fingerprint density at radius 3 is 2.63 bits per heavy atom. The summed E-state index contributed by atoms with van der Waals surface area (Å²) in [4.78, 5) is 33.7. The Morgan fingerprint density at radius 1 is 1.32 bits per heavy atom. The van der Waals surface area contributed by atoms with Crippen LogP contribution in [-0.2, 0) is 23.9 Å². The summed E-state index contributed by atoms with van der Waals surface area (Å²) in [6.45, 7) is 2.81. The predicted octanol–water partition coefficient (Wildman–Crippen LogP) is -0.875. The van der Waals surface area contributed by atoms with Crippen LogP contribution in [0.15, 0.2) is 12.2 Å². The van der Waals surface area contributed by atoms with Crippen LogP contribution in [0.5, 0.6) is 0 Å². The first-order valence-electron chi connectivity index (χ1n) is 6.04. The molecule has 1 fully saturated rings. The minimum atomic E-state index is -0.631. The molecule has 0 aromatic heterocycles. The highest BCUT2D eigenvalue weighted by Gasteiger charge is 2.30. The largest absolute Gasteiger partial charge is 0.466 e. The Labute approximate surface area is 111 Å². The average Bonchev–Trinajstić information content (AvgIpc) is 2.84. The van der Waals surface area contributed by atoms with Gasteiger partial charge in [0.05, 0.1) is 13.2 Å². The molecule has 0 aliphatic carbocycles. The van der Waals surface area contributed by atoms with E-state index in [0.29, 0.717) is 19.5 Å². The number of esters is 2. The molecule has 7 heteroatoms. The van der Waals surface area contributed by atoms with E-state index in [2.05, 4.69) is 15.4 Å². The number of carbonyl (C=O) groups excluding carboxylic acids is 3. The SMILES string of the molecule is CCNC(=O)[C@@H]1C[C@@H](OC(=O)/C=C/C(=O)OC)CN1. The summed E-state index contributed by atoms with van der Waals surface area (Å²) in [5, 5.41) is 5.66. The minimum absolute atomic E-state index is 0.105. The van der Waals surface area contributed by atoms with Gasteiger partial charge in [0.15, 0.2) is 0 Å². The van der Waals surface area contributed by atoms with Gasteiger partial charge in [-0.15, -0.1) is 0 Å². The molecular formula is C12H18N2O5. The van der Waals surface area contributed by atoms with Crippen molar-refractivity contribution in [2.24, 2.45) is 0 Å². The lowest BCUT2D eigenvalue weighted by molar-refractivity contribution is -0.143. The van der Waals surface area contributed by atoms with Gasteiger partial charge in [0.25, 0.3) is 0 Å². The van der Waals surface area contributed by atoms with Gasteiger partial charge in [-0.2, -0.15) is 0 Å². The number of carbonyl (C=O) groups is 3. The molecule has 1 aliphatic rings. The normalized spacial score (nSPS) is 22.2. The highest BCUT2D eigenvalue weighted by molar-refractivity contribution is 5.91. The third-order valence-electron chi connectivity index (χ3n) is 2.60. The molecule has 0 unspecified atom stereocenters. The quantitative estimate of drug-likeness (QED) is 0.498. The molecule has 1 aliphatic heterocycles. The van der Waals surface area contributed by atoms with Gasteiger partial charge in [0, 0.05) is 31.7 Å². The lowest BCUT2D eigenvalue weighted by atomic mass is 10.2. The summed E-state index contributed by atoms with van der Waals surface area (Å²) in [5.74, 6) is -1.36. The summed E-state index contributed by atoms with van der Waals surface area (Å²) < 4.78 is 9.44. The van der Waals surface area contributed by atoms with Crippen LogP contribution < -0.4 is 10.6 Å². The Morgan fingerprint density at radius 2 is 2.00 bits per heavy atom. The number of hydrogen-bond donors (Lipinski definition) is 2. The van der Waals surface area contributed by atoms with E-state index in [1.165, 1.54) is 7.11 Å². The van der Waals surface area contributed by atoms with Gasteiger partial charge in [-0.25, -0.2) is 9.59 Å². The zero-order chi connectivity index (χ0) is 14.3. The molecule has 0 spiro atoms. The van der Waals surface area contributed by atoms with E-state index in [-0.39, 0.29) is 18.1 Å². The average molecular weight is 270 g/mol. The number of rotatable bonds is 5. The van der Waals surface area contributed by atoms with Gasteiger partial charge in [-0.1, -0.05) is 0 Å².